The van der Waals surface area contributed by atoms with Gasteiger partial charge < -0.3 is 0 Å². The van der Waals surface area contributed by atoms with Gasteiger partial charge in [-0.1, -0.05) is 47.1 Å². The molecule has 0 aliphatic rings. The standard InChI is InChI=1S/C14H27N/c1-7-9-13(8-2)14(5,6)11-15-10-12(3)4/h8,11-13H,2,7,9-10H2,1,3-6H3. The van der Waals surface area contributed by atoms with Crippen LogP contribution in [0.1, 0.15) is 47.5 Å². The highest BCUT2D eigenvalue weighted by atomic mass is 14.7. The summed E-state index contributed by atoms with van der Waals surface area (Å²) in [5, 5.41) is 0. The quantitative estimate of drug-likeness (QED) is 0.437. The predicted octanol–water partition coefficient (Wildman–Crippen LogP) is 4.34. The van der Waals surface area contributed by atoms with Crippen LogP contribution in [0, 0.1) is 17.3 Å². The van der Waals surface area contributed by atoms with Crippen molar-refractivity contribution in [3.8, 4) is 0 Å². The number of rotatable bonds is 7. The molecule has 0 saturated heterocycles. The molecule has 0 N–H and O–H groups in total. The SMILES string of the molecule is C=CC(CCC)C(C)(C)C=NCC(C)C. The van der Waals surface area contributed by atoms with Crippen molar-refractivity contribution in [2.45, 2.75) is 47.5 Å². The van der Waals surface area contributed by atoms with Gasteiger partial charge in [0.05, 0.1) is 0 Å². The minimum absolute atomic E-state index is 0.145. The van der Waals surface area contributed by atoms with Gasteiger partial charge in [0.25, 0.3) is 0 Å². The molecule has 1 atom stereocenters. The van der Waals surface area contributed by atoms with Crippen LogP contribution in [0.4, 0.5) is 0 Å². The summed E-state index contributed by atoms with van der Waals surface area (Å²) < 4.78 is 0. The molecule has 0 amide bonds. The van der Waals surface area contributed by atoms with Crippen LogP contribution in [-0.4, -0.2) is 12.8 Å². The van der Waals surface area contributed by atoms with Gasteiger partial charge in [0, 0.05) is 18.2 Å². The molecule has 0 rings (SSSR count). The Hall–Kier alpha value is -0.590. The van der Waals surface area contributed by atoms with Crippen molar-refractivity contribution in [3.63, 3.8) is 0 Å². The van der Waals surface area contributed by atoms with Crippen LogP contribution in [0.3, 0.4) is 0 Å². The van der Waals surface area contributed by atoms with E-state index in [1.165, 1.54) is 12.8 Å². The molecule has 1 nitrogen and oxygen atoms in total. The van der Waals surface area contributed by atoms with Gasteiger partial charge in [-0.05, 0) is 18.3 Å². The zero-order chi connectivity index (χ0) is 11.9. The molecule has 0 aliphatic carbocycles. The highest BCUT2D eigenvalue weighted by molar-refractivity contribution is 5.65. The van der Waals surface area contributed by atoms with Gasteiger partial charge in [-0.3, -0.25) is 4.99 Å². The summed E-state index contributed by atoms with van der Waals surface area (Å²) in [5.41, 5.74) is 0.145. The number of hydrogen-bond acceptors (Lipinski definition) is 1. The fourth-order valence-corrected chi connectivity index (χ4v) is 1.70. The normalized spacial score (nSPS) is 14.8. The van der Waals surface area contributed by atoms with Crippen molar-refractivity contribution in [1.82, 2.24) is 0 Å². The number of aliphatic imine (C=N–C) groups is 1. The second-order valence-corrected chi connectivity index (χ2v) is 5.34. The van der Waals surface area contributed by atoms with E-state index < -0.39 is 0 Å². The monoisotopic (exact) mass is 209 g/mol. The maximum absolute atomic E-state index is 4.52. The smallest absolute Gasteiger partial charge is 0.0408 e. The Kier molecular flexibility index (Phi) is 6.55. The first-order valence-corrected chi connectivity index (χ1v) is 6.07. The zero-order valence-corrected chi connectivity index (χ0v) is 11.1. The Bertz CT molecular complexity index is 201. The highest BCUT2D eigenvalue weighted by Crippen LogP contribution is 2.29. The summed E-state index contributed by atoms with van der Waals surface area (Å²) in [7, 11) is 0. The molecule has 15 heavy (non-hydrogen) atoms. The second-order valence-electron chi connectivity index (χ2n) is 5.34. The van der Waals surface area contributed by atoms with Crippen LogP contribution < -0.4 is 0 Å². The third kappa shape index (κ3) is 5.76. The topological polar surface area (TPSA) is 12.4 Å². The average molecular weight is 209 g/mol. The third-order valence-corrected chi connectivity index (χ3v) is 2.73. The molecule has 0 bridgehead atoms. The van der Waals surface area contributed by atoms with Crippen LogP contribution in [0.2, 0.25) is 0 Å². The van der Waals surface area contributed by atoms with Crippen molar-refractivity contribution >= 4 is 6.21 Å². The van der Waals surface area contributed by atoms with Crippen LogP contribution in [0.25, 0.3) is 0 Å². The summed E-state index contributed by atoms with van der Waals surface area (Å²) >= 11 is 0. The molecular formula is C14H27N. The van der Waals surface area contributed by atoms with Gasteiger partial charge in [0.1, 0.15) is 0 Å². The van der Waals surface area contributed by atoms with Crippen molar-refractivity contribution in [2.75, 3.05) is 6.54 Å². The fraction of sp³-hybridized carbons (Fsp3) is 0.786. The molecule has 0 spiro atoms. The van der Waals surface area contributed by atoms with Crippen LogP contribution in [0.15, 0.2) is 17.6 Å². The Balaban J connectivity index is 4.35. The van der Waals surface area contributed by atoms with Crippen LogP contribution in [0.5, 0.6) is 0 Å². The lowest BCUT2D eigenvalue weighted by atomic mass is 9.77. The van der Waals surface area contributed by atoms with Gasteiger partial charge in [-0.2, -0.15) is 0 Å². The van der Waals surface area contributed by atoms with Gasteiger partial charge in [0.15, 0.2) is 0 Å². The van der Waals surface area contributed by atoms with E-state index in [-0.39, 0.29) is 5.41 Å². The lowest BCUT2D eigenvalue weighted by Gasteiger charge is -2.28. The summed E-state index contributed by atoms with van der Waals surface area (Å²) in [4.78, 5) is 4.52. The summed E-state index contributed by atoms with van der Waals surface area (Å²) in [6, 6.07) is 0. The van der Waals surface area contributed by atoms with E-state index in [1.54, 1.807) is 0 Å². The zero-order valence-electron chi connectivity index (χ0n) is 11.1. The van der Waals surface area contributed by atoms with Gasteiger partial charge in [-0.15, -0.1) is 6.58 Å². The molecule has 0 heterocycles. The first-order valence-electron chi connectivity index (χ1n) is 6.07. The van der Waals surface area contributed by atoms with Crippen molar-refractivity contribution in [3.05, 3.63) is 12.7 Å². The molecule has 1 unspecified atom stereocenters. The summed E-state index contributed by atoms with van der Waals surface area (Å²) in [5.74, 6) is 1.18. The van der Waals surface area contributed by atoms with E-state index in [1.807, 2.05) is 0 Å². The van der Waals surface area contributed by atoms with E-state index >= 15 is 0 Å². The van der Waals surface area contributed by atoms with E-state index in [0.29, 0.717) is 11.8 Å². The van der Waals surface area contributed by atoms with Gasteiger partial charge in [-0.25, -0.2) is 0 Å². The lowest BCUT2D eigenvalue weighted by Crippen LogP contribution is -2.24. The Morgan fingerprint density at radius 1 is 1.33 bits per heavy atom. The highest BCUT2D eigenvalue weighted by Gasteiger charge is 2.24. The molecule has 0 fully saturated rings. The molecule has 0 aromatic heterocycles. The van der Waals surface area contributed by atoms with Crippen LogP contribution in [-0.2, 0) is 0 Å². The first kappa shape index (κ1) is 14.4. The second kappa shape index (κ2) is 6.81. The molecule has 1 heteroatoms. The summed E-state index contributed by atoms with van der Waals surface area (Å²) in [6.45, 7) is 16.0. The van der Waals surface area contributed by atoms with Crippen LogP contribution >= 0.6 is 0 Å². The molecule has 0 aromatic rings. The fourth-order valence-electron chi connectivity index (χ4n) is 1.70. The maximum Gasteiger partial charge on any atom is 0.0408 e. The third-order valence-electron chi connectivity index (χ3n) is 2.73. The van der Waals surface area contributed by atoms with E-state index in [2.05, 4.69) is 58.5 Å². The predicted molar refractivity (Wildman–Crippen MR) is 70.6 cm³/mol. The number of nitrogens with zero attached hydrogens (tertiary/aromatic N) is 1. The van der Waals surface area contributed by atoms with E-state index in [4.69, 9.17) is 0 Å². The van der Waals surface area contributed by atoms with E-state index in [9.17, 15) is 0 Å². The lowest BCUT2D eigenvalue weighted by molar-refractivity contribution is 0.358. The van der Waals surface area contributed by atoms with Crippen molar-refractivity contribution < 1.29 is 0 Å². The maximum atomic E-state index is 4.52. The minimum atomic E-state index is 0.145. The van der Waals surface area contributed by atoms with Gasteiger partial charge in [0.2, 0.25) is 0 Å². The van der Waals surface area contributed by atoms with E-state index in [0.717, 1.165) is 6.54 Å². The number of hydrogen-bond donors (Lipinski definition) is 0. The number of allylic oxidation sites excluding steroid dienone is 1. The summed E-state index contributed by atoms with van der Waals surface area (Å²) in [6.07, 6.45) is 6.60. The Morgan fingerprint density at radius 2 is 1.93 bits per heavy atom. The molecule has 0 aliphatic heterocycles. The van der Waals surface area contributed by atoms with Gasteiger partial charge >= 0.3 is 0 Å². The van der Waals surface area contributed by atoms with Crippen molar-refractivity contribution in [2.24, 2.45) is 22.2 Å². The molecule has 0 radical (unpaired) electrons. The minimum Gasteiger partial charge on any atom is -0.297 e. The Labute approximate surface area is 95.7 Å². The first-order chi connectivity index (χ1) is 6.94. The largest absolute Gasteiger partial charge is 0.297 e. The molecular weight excluding hydrogens is 182 g/mol. The molecule has 88 valence electrons. The Morgan fingerprint density at radius 3 is 2.33 bits per heavy atom. The average Bonchev–Trinajstić information content (AvgIpc) is 2.12. The molecule has 0 aromatic carbocycles. The molecule has 0 saturated carbocycles. The van der Waals surface area contributed by atoms with Crippen molar-refractivity contribution in [1.29, 1.82) is 0 Å².